The molecule has 1 unspecified atom stereocenters. The highest BCUT2D eigenvalue weighted by atomic mass is 32.2. The molecule has 3 amide bonds. The van der Waals surface area contributed by atoms with Crippen LogP contribution < -0.4 is 9.64 Å². The Bertz CT molecular complexity index is 1460. The summed E-state index contributed by atoms with van der Waals surface area (Å²) < 4.78 is 67.1. The third-order valence-electron chi connectivity index (χ3n) is 5.62. The van der Waals surface area contributed by atoms with Crippen molar-refractivity contribution < 1.29 is 40.7 Å². The Morgan fingerprint density at radius 1 is 1.03 bits per heavy atom. The number of urea groups is 1. The van der Waals surface area contributed by atoms with Gasteiger partial charge in [-0.05, 0) is 49.4 Å². The van der Waals surface area contributed by atoms with Gasteiger partial charge in [0.05, 0.1) is 28.9 Å². The molecule has 4 rings (SSSR count). The molecule has 1 fully saturated rings. The Morgan fingerprint density at radius 2 is 1.68 bits per heavy atom. The lowest BCUT2D eigenvalue weighted by Gasteiger charge is -2.20. The highest BCUT2D eigenvalue weighted by molar-refractivity contribution is 7.92. The van der Waals surface area contributed by atoms with Crippen molar-refractivity contribution in [1.29, 1.82) is 0 Å². The Labute approximate surface area is 209 Å². The minimum absolute atomic E-state index is 0.0731. The molecule has 0 radical (unpaired) electrons. The number of hydrogen-bond donors (Lipinski definition) is 0. The van der Waals surface area contributed by atoms with Crippen LogP contribution in [-0.4, -0.2) is 47.8 Å². The van der Waals surface area contributed by atoms with E-state index in [0.29, 0.717) is 23.3 Å². The number of pyridine rings is 1. The summed E-state index contributed by atoms with van der Waals surface area (Å²) >= 11 is 0. The van der Waals surface area contributed by atoms with E-state index >= 15 is 0 Å². The lowest BCUT2D eigenvalue weighted by atomic mass is 10.2. The van der Waals surface area contributed by atoms with Crippen LogP contribution >= 0.6 is 0 Å². The van der Waals surface area contributed by atoms with Crippen molar-refractivity contribution in [2.75, 3.05) is 4.90 Å². The zero-order valence-corrected chi connectivity index (χ0v) is 19.9. The van der Waals surface area contributed by atoms with Crippen molar-refractivity contribution >= 4 is 33.4 Å². The van der Waals surface area contributed by atoms with Gasteiger partial charge in [-0.25, -0.2) is 22.9 Å². The van der Waals surface area contributed by atoms with Crippen LogP contribution in [0.1, 0.15) is 22.8 Å². The average molecular weight is 533 g/mol. The number of halogens is 3. The second-order valence-electron chi connectivity index (χ2n) is 7.94. The van der Waals surface area contributed by atoms with E-state index in [2.05, 4.69) is 4.98 Å². The molecule has 37 heavy (non-hydrogen) atoms. The van der Waals surface area contributed by atoms with Crippen LogP contribution in [0.25, 0.3) is 0 Å². The van der Waals surface area contributed by atoms with Crippen LogP contribution in [0.3, 0.4) is 0 Å². The fraction of sp³-hybridized carbons (Fsp3) is 0.167. The van der Waals surface area contributed by atoms with Gasteiger partial charge in [0.15, 0.2) is 5.75 Å². The molecule has 3 aromatic rings. The van der Waals surface area contributed by atoms with E-state index in [1.54, 1.807) is 30.3 Å². The Hall–Kier alpha value is -4.26. The zero-order valence-electron chi connectivity index (χ0n) is 19.0. The van der Waals surface area contributed by atoms with Crippen LogP contribution in [0.2, 0.25) is 0 Å². The normalized spacial score (nSPS) is 16.3. The number of anilines is 1. The Morgan fingerprint density at radius 3 is 2.30 bits per heavy atom. The van der Waals surface area contributed by atoms with E-state index in [0.717, 1.165) is 17.0 Å². The number of nitrogens with zero attached hydrogens (tertiary/aromatic N) is 3. The second kappa shape index (κ2) is 9.65. The van der Waals surface area contributed by atoms with E-state index in [4.69, 9.17) is 4.74 Å². The van der Waals surface area contributed by atoms with E-state index < -0.39 is 44.2 Å². The largest absolute Gasteiger partial charge is 0.501 e. The fourth-order valence-electron chi connectivity index (χ4n) is 3.61. The van der Waals surface area contributed by atoms with Gasteiger partial charge in [-0.1, -0.05) is 18.2 Å². The fourth-order valence-corrected chi connectivity index (χ4v) is 4.37. The first-order valence-corrected chi connectivity index (χ1v) is 12.2. The number of carbonyl (C=O) groups is 3. The number of imide groups is 1. The van der Waals surface area contributed by atoms with E-state index in [1.807, 2.05) is 0 Å². The SMILES string of the molecule is CC1C(=O)N(c2ccc(S(=O)(=O)C(F)(F)F)cc2)C(=O)N1Cc1ccncc1OC(=O)c1ccccc1. The number of alkyl halides is 3. The summed E-state index contributed by atoms with van der Waals surface area (Å²) in [4.78, 5) is 43.3. The summed E-state index contributed by atoms with van der Waals surface area (Å²) in [5, 5.41) is 0. The Kier molecular flexibility index (Phi) is 6.74. The highest BCUT2D eigenvalue weighted by Gasteiger charge is 2.47. The van der Waals surface area contributed by atoms with Gasteiger partial charge in [0.25, 0.3) is 15.7 Å². The predicted molar refractivity (Wildman–Crippen MR) is 123 cm³/mol. The summed E-state index contributed by atoms with van der Waals surface area (Å²) in [6.45, 7) is 1.31. The summed E-state index contributed by atoms with van der Waals surface area (Å²) in [6, 6.07) is 11.2. The van der Waals surface area contributed by atoms with Crippen LogP contribution in [0.15, 0.2) is 78.0 Å². The molecule has 1 aromatic heterocycles. The molecule has 13 heteroatoms. The highest BCUT2D eigenvalue weighted by Crippen LogP contribution is 2.33. The number of esters is 1. The van der Waals surface area contributed by atoms with E-state index in [9.17, 15) is 36.0 Å². The van der Waals surface area contributed by atoms with E-state index in [1.165, 1.54) is 30.3 Å². The summed E-state index contributed by atoms with van der Waals surface area (Å²) in [5.74, 6) is -1.25. The summed E-state index contributed by atoms with van der Waals surface area (Å²) in [5.41, 5.74) is -4.93. The number of amides is 3. The molecular formula is C24H18F3N3O6S. The summed E-state index contributed by atoms with van der Waals surface area (Å²) in [6.07, 6.45) is 2.71. The number of carbonyl (C=O) groups excluding carboxylic acids is 3. The number of hydrogen-bond acceptors (Lipinski definition) is 7. The van der Waals surface area contributed by atoms with Gasteiger partial charge in [0, 0.05) is 11.8 Å². The zero-order chi connectivity index (χ0) is 27.0. The van der Waals surface area contributed by atoms with Crippen molar-refractivity contribution in [2.24, 2.45) is 0 Å². The number of benzene rings is 2. The Balaban J connectivity index is 1.56. The maximum atomic E-state index is 13.1. The van der Waals surface area contributed by atoms with Gasteiger partial charge < -0.3 is 9.64 Å². The summed E-state index contributed by atoms with van der Waals surface area (Å²) in [7, 11) is -5.59. The van der Waals surface area contributed by atoms with Crippen molar-refractivity contribution in [3.8, 4) is 5.75 Å². The topological polar surface area (TPSA) is 114 Å². The van der Waals surface area contributed by atoms with Crippen LogP contribution in [-0.2, 0) is 21.2 Å². The van der Waals surface area contributed by atoms with Gasteiger partial charge in [0.2, 0.25) is 0 Å². The first-order chi connectivity index (χ1) is 17.4. The van der Waals surface area contributed by atoms with Crippen LogP contribution in [0.4, 0.5) is 23.7 Å². The quantitative estimate of drug-likeness (QED) is 0.348. The molecule has 192 valence electrons. The molecule has 0 saturated carbocycles. The van der Waals surface area contributed by atoms with Gasteiger partial charge in [-0.3, -0.25) is 9.78 Å². The van der Waals surface area contributed by atoms with Crippen LogP contribution in [0, 0.1) is 0 Å². The molecule has 2 heterocycles. The van der Waals surface area contributed by atoms with E-state index in [-0.39, 0.29) is 18.0 Å². The molecule has 1 atom stereocenters. The van der Waals surface area contributed by atoms with Gasteiger partial charge in [0.1, 0.15) is 6.04 Å². The minimum Gasteiger partial charge on any atom is -0.421 e. The van der Waals surface area contributed by atoms with Crippen molar-refractivity contribution in [3.63, 3.8) is 0 Å². The maximum absolute atomic E-state index is 13.1. The molecule has 2 aromatic carbocycles. The third kappa shape index (κ3) is 4.89. The smallest absolute Gasteiger partial charge is 0.421 e. The lowest BCUT2D eigenvalue weighted by Crippen LogP contribution is -2.33. The number of aromatic nitrogens is 1. The number of rotatable bonds is 6. The molecular weight excluding hydrogens is 515 g/mol. The molecule has 1 aliphatic heterocycles. The molecule has 9 nitrogen and oxygen atoms in total. The second-order valence-corrected chi connectivity index (χ2v) is 9.88. The molecule has 1 aliphatic rings. The molecule has 0 spiro atoms. The van der Waals surface area contributed by atoms with Crippen molar-refractivity contribution in [3.05, 3.63) is 84.2 Å². The molecule has 1 saturated heterocycles. The number of sulfone groups is 1. The first-order valence-electron chi connectivity index (χ1n) is 10.7. The first kappa shape index (κ1) is 25.8. The number of ether oxygens (including phenoxy) is 1. The predicted octanol–water partition coefficient (Wildman–Crippen LogP) is 3.95. The molecule has 0 aliphatic carbocycles. The van der Waals surface area contributed by atoms with Crippen molar-refractivity contribution in [1.82, 2.24) is 9.88 Å². The maximum Gasteiger partial charge on any atom is 0.501 e. The monoisotopic (exact) mass is 533 g/mol. The van der Waals surface area contributed by atoms with Gasteiger partial charge >= 0.3 is 17.5 Å². The van der Waals surface area contributed by atoms with Crippen molar-refractivity contribution in [2.45, 2.75) is 29.9 Å². The minimum atomic E-state index is -5.59. The van der Waals surface area contributed by atoms with Crippen LogP contribution in [0.5, 0.6) is 5.75 Å². The standard InChI is InChI=1S/C24H18F3N3O6S/c1-15-21(31)30(18-7-9-19(10-8-18)37(34,35)24(25,26)27)23(33)29(15)14-17-11-12-28-13-20(17)36-22(32)16-5-3-2-4-6-16/h2-13,15H,14H2,1H3. The van der Waals surface area contributed by atoms with Gasteiger partial charge in [-0.2, -0.15) is 13.2 Å². The lowest BCUT2D eigenvalue weighted by molar-refractivity contribution is -0.119. The van der Waals surface area contributed by atoms with Gasteiger partial charge in [-0.15, -0.1) is 0 Å². The molecule has 0 N–H and O–H groups in total. The average Bonchev–Trinajstić information content (AvgIpc) is 3.08. The molecule has 0 bridgehead atoms. The third-order valence-corrected chi connectivity index (χ3v) is 7.12.